The molecule has 1 amide bonds. The predicted molar refractivity (Wildman–Crippen MR) is 94.1 cm³/mol. The fourth-order valence-electron chi connectivity index (χ4n) is 3.77. The van der Waals surface area contributed by atoms with Crippen molar-refractivity contribution in [3.05, 3.63) is 59.2 Å². The van der Waals surface area contributed by atoms with Crippen molar-refractivity contribution >= 4 is 16.8 Å². The zero-order valence-electron chi connectivity index (χ0n) is 14.1. The summed E-state index contributed by atoms with van der Waals surface area (Å²) in [6.07, 6.45) is 3.19. The van der Waals surface area contributed by atoms with Crippen LogP contribution in [0.15, 0.2) is 40.8 Å². The van der Waals surface area contributed by atoms with Gasteiger partial charge in [0.05, 0.1) is 11.6 Å². The fourth-order valence-corrected chi connectivity index (χ4v) is 3.77. The Kier molecular flexibility index (Phi) is 3.68. The number of H-pyrrole nitrogens is 1. The first-order chi connectivity index (χ1) is 11.6. The van der Waals surface area contributed by atoms with Crippen LogP contribution >= 0.6 is 0 Å². The van der Waals surface area contributed by atoms with E-state index in [4.69, 9.17) is 4.42 Å². The lowest BCUT2D eigenvalue weighted by atomic mass is 9.98. The zero-order chi connectivity index (χ0) is 16.7. The van der Waals surface area contributed by atoms with Gasteiger partial charge in [0.2, 0.25) is 0 Å². The van der Waals surface area contributed by atoms with Crippen LogP contribution < -0.4 is 0 Å². The van der Waals surface area contributed by atoms with Crippen molar-refractivity contribution in [2.75, 3.05) is 6.54 Å². The molecule has 0 aliphatic carbocycles. The summed E-state index contributed by atoms with van der Waals surface area (Å²) in [6.45, 7) is 4.54. The van der Waals surface area contributed by atoms with E-state index in [0.29, 0.717) is 11.3 Å². The number of aromatic amines is 1. The Morgan fingerprint density at radius 3 is 2.79 bits per heavy atom. The third kappa shape index (κ3) is 2.52. The second-order valence-electron chi connectivity index (χ2n) is 6.65. The lowest BCUT2D eigenvalue weighted by Gasteiger charge is -2.35. The van der Waals surface area contributed by atoms with Crippen molar-refractivity contribution in [1.82, 2.24) is 9.88 Å². The van der Waals surface area contributed by atoms with Crippen LogP contribution in [0.3, 0.4) is 0 Å². The molecular weight excluding hydrogens is 300 g/mol. The molecule has 24 heavy (non-hydrogen) atoms. The standard InChI is InChI=1S/C20H22N2O2/c1-13-11-16(14(2)24-13)20(23)22-10-6-5-9-19(22)18-12-15-7-3-4-8-17(15)21-18/h3-4,7-8,11-12,19,21H,5-6,9-10H2,1-2H3/t19-/m1/s1. The molecule has 3 heterocycles. The number of aromatic nitrogens is 1. The Hall–Kier alpha value is -2.49. The number of carbonyl (C=O) groups is 1. The molecule has 124 valence electrons. The van der Waals surface area contributed by atoms with E-state index in [1.165, 1.54) is 5.39 Å². The van der Waals surface area contributed by atoms with Crippen LogP contribution in [0.25, 0.3) is 10.9 Å². The van der Waals surface area contributed by atoms with Gasteiger partial charge in [-0.1, -0.05) is 18.2 Å². The molecule has 1 aliphatic heterocycles. The average Bonchev–Trinajstić information content (AvgIpc) is 3.17. The van der Waals surface area contributed by atoms with Gasteiger partial charge in [-0.3, -0.25) is 4.79 Å². The number of nitrogens with one attached hydrogen (secondary N) is 1. The summed E-state index contributed by atoms with van der Waals surface area (Å²) in [5.41, 5.74) is 2.94. The van der Waals surface area contributed by atoms with Crippen LogP contribution in [0.1, 0.15) is 52.9 Å². The number of likely N-dealkylation sites (tertiary alicyclic amines) is 1. The monoisotopic (exact) mass is 322 g/mol. The Labute approximate surface area is 141 Å². The van der Waals surface area contributed by atoms with E-state index in [-0.39, 0.29) is 11.9 Å². The number of piperidine rings is 1. The summed E-state index contributed by atoms with van der Waals surface area (Å²) in [5.74, 6) is 1.57. The van der Waals surface area contributed by atoms with Gasteiger partial charge in [-0.15, -0.1) is 0 Å². The second-order valence-corrected chi connectivity index (χ2v) is 6.65. The molecule has 0 saturated carbocycles. The van der Waals surface area contributed by atoms with Crippen LogP contribution in [0.4, 0.5) is 0 Å². The van der Waals surface area contributed by atoms with Gasteiger partial charge in [-0.05, 0) is 56.7 Å². The topological polar surface area (TPSA) is 49.2 Å². The van der Waals surface area contributed by atoms with Crippen molar-refractivity contribution in [1.29, 1.82) is 0 Å². The van der Waals surface area contributed by atoms with Crippen molar-refractivity contribution in [2.24, 2.45) is 0 Å². The van der Waals surface area contributed by atoms with Crippen molar-refractivity contribution in [2.45, 2.75) is 39.2 Å². The summed E-state index contributed by atoms with van der Waals surface area (Å²) >= 11 is 0. The van der Waals surface area contributed by atoms with E-state index in [2.05, 4.69) is 23.2 Å². The minimum Gasteiger partial charge on any atom is -0.466 e. The molecule has 0 spiro atoms. The number of nitrogens with zero attached hydrogens (tertiary/aromatic N) is 1. The molecule has 4 heteroatoms. The second kappa shape index (κ2) is 5.86. The smallest absolute Gasteiger partial charge is 0.257 e. The van der Waals surface area contributed by atoms with Crippen molar-refractivity contribution in [3.8, 4) is 0 Å². The van der Waals surface area contributed by atoms with Crippen molar-refractivity contribution in [3.63, 3.8) is 0 Å². The minimum atomic E-state index is 0.0766. The third-order valence-electron chi connectivity index (χ3n) is 4.94. The highest BCUT2D eigenvalue weighted by atomic mass is 16.3. The molecule has 2 aromatic heterocycles. The molecule has 0 radical (unpaired) electrons. The third-order valence-corrected chi connectivity index (χ3v) is 4.94. The van der Waals surface area contributed by atoms with Gasteiger partial charge in [0, 0.05) is 17.8 Å². The number of rotatable bonds is 2. The molecule has 1 saturated heterocycles. The Balaban J connectivity index is 1.70. The molecule has 1 aliphatic rings. The number of aryl methyl sites for hydroxylation is 2. The summed E-state index contributed by atoms with van der Waals surface area (Å²) in [5, 5.41) is 1.20. The summed E-state index contributed by atoms with van der Waals surface area (Å²) in [4.78, 5) is 18.6. The van der Waals surface area contributed by atoms with Crippen LogP contribution in [-0.2, 0) is 0 Å². The molecule has 4 nitrogen and oxygen atoms in total. The SMILES string of the molecule is Cc1cc(C(=O)N2CCCC[C@@H]2c2cc3ccccc3[nH]2)c(C)o1. The minimum absolute atomic E-state index is 0.0766. The molecule has 0 unspecified atom stereocenters. The molecule has 1 atom stereocenters. The molecule has 3 aromatic rings. The fraction of sp³-hybridized carbons (Fsp3) is 0.350. The molecule has 1 N–H and O–H groups in total. The Bertz CT molecular complexity index is 857. The quantitative estimate of drug-likeness (QED) is 0.740. The summed E-state index contributed by atoms with van der Waals surface area (Å²) in [6, 6.07) is 12.4. The summed E-state index contributed by atoms with van der Waals surface area (Å²) in [7, 11) is 0. The maximum Gasteiger partial charge on any atom is 0.257 e. The normalized spacial score (nSPS) is 18.2. The molecule has 0 bridgehead atoms. The number of carbonyl (C=O) groups excluding carboxylic acids is 1. The van der Waals surface area contributed by atoms with Gasteiger partial charge < -0.3 is 14.3 Å². The molecule has 1 fully saturated rings. The number of para-hydroxylation sites is 1. The number of hydrogen-bond donors (Lipinski definition) is 1. The van der Waals surface area contributed by atoms with E-state index in [1.807, 2.05) is 36.9 Å². The lowest BCUT2D eigenvalue weighted by molar-refractivity contribution is 0.0605. The van der Waals surface area contributed by atoms with Crippen LogP contribution in [0.2, 0.25) is 0 Å². The van der Waals surface area contributed by atoms with Crippen LogP contribution in [0, 0.1) is 13.8 Å². The molecule has 1 aromatic carbocycles. The van der Waals surface area contributed by atoms with Crippen molar-refractivity contribution < 1.29 is 9.21 Å². The highest BCUT2D eigenvalue weighted by Gasteiger charge is 2.31. The number of benzene rings is 1. The number of furan rings is 1. The van der Waals surface area contributed by atoms with E-state index >= 15 is 0 Å². The first-order valence-electron chi connectivity index (χ1n) is 8.59. The number of hydrogen-bond acceptors (Lipinski definition) is 2. The molecule has 4 rings (SSSR count). The van der Waals surface area contributed by atoms with Crippen LogP contribution in [-0.4, -0.2) is 22.3 Å². The lowest BCUT2D eigenvalue weighted by Crippen LogP contribution is -2.38. The van der Waals surface area contributed by atoms with Gasteiger partial charge in [0.15, 0.2) is 0 Å². The highest BCUT2D eigenvalue weighted by molar-refractivity contribution is 5.95. The maximum atomic E-state index is 13.1. The van der Waals surface area contributed by atoms with Gasteiger partial charge in [0.25, 0.3) is 5.91 Å². The van der Waals surface area contributed by atoms with E-state index in [9.17, 15) is 4.79 Å². The molecular formula is C20H22N2O2. The number of amides is 1. The highest BCUT2D eigenvalue weighted by Crippen LogP contribution is 2.34. The average molecular weight is 322 g/mol. The predicted octanol–water partition coefficient (Wildman–Crippen LogP) is 4.75. The first kappa shape index (κ1) is 15.1. The summed E-state index contributed by atoms with van der Waals surface area (Å²) < 4.78 is 5.56. The first-order valence-corrected chi connectivity index (χ1v) is 8.59. The van der Waals surface area contributed by atoms with E-state index in [0.717, 1.165) is 42.8 Å². The van der Waals surface area contributed by atoms with Gasteiger partial charge in [-0.2, -0.15) is 0 Å². The Morgan fingerprint density at radius 2 is 2.04 bits per heavy atom. The van der Waals surface area contributed by atoms with Crippen LogP contribution in [0.5, 0.6) is 0 Å². The zero-order valence-corrected chi connectivity index (χ0v) is 14.1. The maximum absolute atomic E-state index is 13.1. The number of fused-ring (bicyclic) bond motifs is 1. The van der Waals surface area contributed by atoms with E-state index in [1.54, 1.807) is 0 Å². The Morgan fingerprint density at radius 1 is 1.21 bits per heavy atom. The van der Waals surface area contributed by atoms with E-state index < -0.39 is 0 Å². The van der Waals surface area contributed by atoms with Gasteiger partial charge in [-0.25, -0.2) is 0 Å². The van der Waals surface area contributed by atoms with Gasteiger partial charge >= 0.3 is 0 Å². The van der Waals surface area contributed by atoms with Gasteiger partial charge in [0.1, 0.15) is 11.5 Å². The largest absolute Gasteiger partial charge is 0.466 e.